The van der Waals surface area contributed by atoms with E-state index in [9.17, 15) is 8.42 Å². The number of aryl methyl sites for hydroxylation is 1. The van der Waals surface area contributed by atoms with Crippen LogP contribution in [0.15, 0.2) is 36.7 Å². The molecule has 112 valence electrons. The van der Waals surface area contributed by atoms with Crippen molar-refractivity contribution in [3.63, 3.8) is 0 Å². The van der Waals surface area contributed by atoms with Gasteiger partial charge in [-0.3, -0.25) is 0 Å². The monoisotopic (exact) mass is 450 g/mol. The molecule has 1 heterocycles. The average molecular weight is 452 g/mol. The van der Waals surface area contributed by atoms with Crippen LogP contribution in [-0.2, 0) is 16.4 Å². The lowest BCUT2D eigenvalue weighted by atomic mass is 10.1. The molecule has 1 aromatic heterocycles. The minimum atomic E-state index is -3.55. The van der Waals surface area contributed by atoms with E-state index in [1.165, 1.54) is 11.3 Å². The maximum absolute atomic E-state index is 12.5. The molecule has 3 N–H and O–H groups in total. The maximum Gasteiger partial charge on any atom is 0.243 e. The van der Waals surface area contributed by atoms with Crippen molar-refractivity contribution in [2.45, 2.75) is 23.8 Å². The molecule has 0 fully saturated rings. The van der Waals surface area contributed by atoms with Crippen LogP contribution in [0.5, 0.6) is 0 Å². The summed E-state index contributed by atoms with van der Waals surface area (Å²) in [5.74, 6) is 0. The maximum atomic E-state index is 12.5. The van der Waals surface area contributed by atoms with Gasteiger partial charge in [0.25, 0.3) is 0 Å². The van der Waals surface area contributed by atoms with Crippen LogP contribution in [0, 0.1) is 0 Å². The minimum absolute atomic E-state index is 0.198. The van der Waals surface area contributed by atoms with Crippen molar-refractivity contribution in [3.05, 3.63) is 43.0 Å². The molecule has 2 aromatic rings. The third-order valence-corrected chi connectivity index (χ3v) is 7.68. The van der Waals surface area contributed by atoms with Gasteiger partial charge in [-0.1, -0.05) is 6.07 Å². The number of sulfonamides is 1. The Morgan fingerprint density at radius 3 is 2.71 bits per heavy atom. The Bertz CT molecular complexity index is 802. The highest BCUT2D eigenvalue weighted by atomic mass is 79.9. The van der Waals surface area contributed by atoms with Gasteiger partial charge in [-0.05, 0) is 74.0 Å². The Morgan fingerprint density at radius 2 is 2.05 bits per heavy atom. The van der Waals surface area contributed by atoms with Gasteiger partial charge in [-0.15, -0.1) is 11.3 Å². The summed E-state index contributed by atoms with van der Waals surface area (Å²) in [6.07, 6.45) is 1.59. The summed E-state index contributed by atoms with van der Waals surface area (Å²) in [5, 5.41) is 0. The van der Waals surface area contributed by atoms with E-state index in [1.807, 2.05) is 18.2 Å². The third kappa shape index (κ3) is 3.05. The molecule has 1 aromatic carbocycles. The lowest BCUT2D eigenvalue weighted by Crippen LogP contribution is -2.27. The van der Waals surface area contributed by atoms with Crippen molar-refractivity contribution < 1.29 is 8.42 Å². The first-order valence-electron chi connectivity index (χ1n) is 6.22. The van der Waals surface area contributed by atoms with Gasteiger partial charge in [0.2, 0.25) is 10.0 Å². The van der Waals surface area contributed by atoms with Gasteiger partial charge in [-0.2, -0.15) is 0 Å². The van der Waals surface area contributed by atoms with Gasteiger partial charge in [-0.25, -0.2) is 13.1 Å². The molecule has 0 bridgehead atoms. The van der Waals surface area contributed by atoms with Crippen molar-refractivity contribution >= 4 is 58.9 Å². The molecule has 1 atom stereocenters. The first-order chi connectivity index (χ1) is 9.87. The molecule has 3 rings (SSSR count). The second-order valence-electron chi connectivity index (χ2n) is 4.86. The van der Waals surface area contributed by atoms with E-state index in [0.29, 0.717) is 9.47 Å². The van der Waals surface area contributed by atoms with E-state index < -0.39 is 10.0 Å². The largest absolute Gasteiger partial charge is 0.399 e. The summed E-state index contributed by atoms with van der Waals surface area (Å²) in [7, 11) is -3.55. The van der Waals surface area contributed by atoms with Crippen LogP contribution in [0.2, 0.25) is 0 Å². The number of halogens is 2. The molecule has 21 heavy (non-hydrogen) atoms. The Hall–Kier alpha value is -0.410. The molecule has 1 aliphatic carbocycles. The highest BCUT2D eigenvalue weighted by Gasteiger charge is 2.29. The van der Waals surface area contributed by atoms with E-state index in [1.54, 1.807) is 6.07 Å². The smallest absolute Gasteiger partial charge is 0.243 e. The SMILES string of the molecule is Nc1ccc2c(c1)CCC2NS(=O)(=O)c1cc(Br)sc1Br. The predicted molar refractivity (Wildman–Crippen MR) is 92.0 cm³/mol. The molecule has 8 heteroatoms. The van der Waals surface area contributed by atoms with Crippen molar-refractivity contribution in [1.29, 1.82) is 0 Å². The molecule has 4 nitrogen and oxygen atoms in total. The zero-order valence-electron chi connectivity index (χ0n) is 10.8. The summed E-state index contributed by atoms with van der Waals surface area (Å²) < 4.78 is 29.2. The quantitative estimate of drug-likeness (QED) is 0.696. The first-order valence-corrected chi connectivity index (χ1v) is 10.1. The fraction of sp³-hybridized carbons (Fsp3) is 0.231. The fourth-order valence-corrected chi connectivity index (χ4v) is 7.58. The number of benzene rings is 1. The number of fused-ring (bicyclic) bond motifs is 1. The lowest BCUT2D eigenvalue weighted by molar-refractivity contribution is 0.554. The van der Waals surface area contributed by atoms with Crippen LogP contribution in [0.25, 0.3) is 0 Å². The summed E-state index contributed by atoms with van der Waals surface area (Å²) in [6.45, 7) is 0. The molecular formula is C13H12Br2N2O2S2. The average Bonchev–Trinajstić information content (AvgIpc) is 2.93. The summed E-state index contributed by atoms with van der Waals surface area (Å²) in [4.78, 5) is 0.267. The van der Waals surface area contributed by atoms with Crippen LogP contribution in [-0.4, -0.2) is 8.42 Å². The van der Waals surface area contributed by atoms with E-state index >= 15 is 0 Å². The number of anilines is 1. The third-order valence-electron chi connectivity index (χ3n) is 3.46. The highest BCUT2D eigenvalue weighted by molar-refractivity contribution is 9.12. The molecular weight excluding hydrogens is 440 g/mol. The van der Waals surface area contributed by atoms with Gasteiger partial charge in [0, 0.05) is 11.7 Å². The van der Waals surface area contributed by atoms with Crippen LogP contribution in [0.1, 0.15) is 23.6 Å². The van der Waals surface area contributed by atoms with Gasteiger partial charge in [0.15, 0.2) is 0 Å². The number of nitrogens with two attached hydrogens (primary N) is 1. The molecule has 1 aliphatic rings. The fourth-order valence-electron chi connectivity index (χ4n) is 2.52. The molecule has 0 amide bonds. The van der Waals surface area contributed by atoms with Crippen LogP contribution in [0.4, 0.5) is 5.69 Å². The molecule has 0 saturated heterocycles. The highest BCUT2D eigenvalue weighted by Crippen LogP contribution is 2.37. The number of nitrogens with one attached hydrogen (secondary N) is 1. The zero-order chi connectivity index (χ0) is 15.2. The Labute approximate surface area is 144 Å². The number of rotatable bonds is 3. The van der Waals surface area contributed by atoms with Crippen molar-refractivity contribution in [2.24, 2.45) is 0 Å². The number of thiophene rings is 1. The van der Waals surface area contributed by atoms with Crippen LogP contribution >= 0.6 is 43.2 Å². The number of nitrogen functional groups attached to an aromatic ring is 1. The van der Waals surface area contributed by atoms with E-state index in [-0.39, 0.29) is 10.9 Å². The number of hydrogen-bond acceptors (Lipinski definition) is 4. The Morgan fingerprint density at radius 1 is 1.29 bits per heavy atom. The summed E-state index contributed by atoms with van der Waals surface area (Å²) in [6, 6.07) is 7.04. The Kier molecular flexibility index (Phi) is 4.17. The molecule has 0 spiro atoms. The lowest BCUT2D eigenvalue weighted by Gasteiger charge is -2.14. The van der Waals surface area contributed by atoms with Crippen LogP contribution < -0.4 is 10.5 Å². The van der Waals surface area contributed by atoms with Gasteiger partial charge in [0.1, 0.15) is 4.90 Å². The summed E-state index contributed by atoms with van der Waals surface area (Å²) in [5.41, 5.74) is 8.61. The van der Waals surface area contributed by atoms with E-state index in [4.69, 9.17) is 5.73 Å². The first kappa shape index (κ1) is 15.5. The van der Waals surface area contributed by atoms with Gasteiger partial charge >= 0.3 is 0 Å². The van der Waals surface area contributed by atoms with E-state index in [2.05, 4.69) is 36.6 Å². The standard InChI is InChI=1S/C13H12Br2N2O2S2/c14-12-6-11(13(15)20-12)21(18,19)17-10-4-1-7-5-8(16)2-3-9(7)10/h2-3,5-6,10,17H,1,4,16H2. The molecule has 1 unspecified atom stereocenters. The second-order valence-corrected chi connectivity index (χ2v) is 10.3. The summed E-state index contributed by atoms with van der Waals surface area (Å²) >= 11 is 7.94. The normalized spacial score (nSPS) is 17.9. The van der Waals surface area contributed by atoms with E-state index in [0.717, 1.165) is 27.8 Å². The zero-order valence-corrected chi connectivity index (χ0v) is 15.6. The van der Waals surface area contributed by atoms with Crippen LogP contribution in [0.3, 0.4) is 0 Å². The minimum Gasteiger partial charge on any atom is -0.399 e. The number of hydrogen-bond donors (Lipinski definition) is 2. The van der Waals surface area contributed by atoms with Crippen molar-refractivity contribution in [3.8, 4) is 0 Å². The predicted octanol–water partition coefficient (Wildman–Crippen LogP) is 3.82. The van der Waals surface area contributed by atoms with Crippen molar-refractivity contribution in [2.75, 3.05) is 5.73 Å². The molecule has 0 radical (unpaired) electrons. The molecule has 0 saturated carbocycles. The molecule has 0 aliphatic heterocycles. The van der Waals surface area contributed by atoms with Gasteiger partial charge < -0.3 is 5.73 Å². The Balaban J connectivity index is 1.90. The topological polar surface area (TPSA) is 72.2 Å². The van der Waals surface area contributed by atoms with Gasteiger partial charge in [0.05, 0.1) is 7.57 Å². The van der Waals surface area contributed by atoms with Crippen molar-refractivity contribution in [1.82, 2.24) is 4.72 Å². The second kappa shape index (κ2) is 5.66.